The second-order valence-electron chi connectivity index (χ2n) is 18.4. The Hall–Kier alpha value is -9.66. The molecule has 13 rings (SSSR count). The van der Waals surface area contributed by atoms with Gasteiger partial charge in [-0.15, -0.1) is 0 Å². The average Bonchev–Trinajstić information content (AvgIpc) is 4.30. The summed E-state index contributed by atoms with van der Waals surface area (Å²) in [5, 5.41) is 3.22. The monoisotopic (exact) mass is 962 g/mol. The molecule has 3 aromatic heterocycles. The lowest BCUT2D eigenvalue weighted by Gasteiger charge is -2.17. The lowest BCUT2D eigenvalue weighted by atomic mass is 9.88. The fourth-order valence-corrected chi connectivity index (χ4v) is 10.8. The van der Waals surface area contributed by atoms with Crippen LogP contribution in [0.5, 0.6) is 11.5 Å². The van der Waals surface area contributed by atoms with Gasteiger partial charge in [0.25, 0.3) is 0 Å². The minimum absolute atomic E-state index is 0.133. The minimum Gasteiger partial charge on any atom is -0.497 e. The number of H-pyrrole nitrogens is 2. The molecule has 8 aromatic carbocycles. The van der Waals surface area contributed by atoms with Gasteiger partial charge < -0.3 is 19.4 Å². The third-order valence-corrected chi connectivity index (χ3v) is 14.1. The average molecular weight is 963 g/mol. The normalized spacial score (nSPS) is 11.9. The van der Waals surface area contributed by atoms with Gasteiger partial charge >= 0.3 is 0 Å². The highest BCUT2D eigenvalue weighted by molar-refractivity contribution is 6.12. The van der Waals surface area contributed by atoms with Gasteiger partial charge in [-0.25, -0.2) is 18.7 Å². The van der Waals surface area contributed by atoms with Gasteiger partial charge in [0, 0.05) is 55.4 Å². The van der Waals surface area contributed by atoms with Gasteiger partial charge in [0.05, 0.1) is 37.0 Å². The fraction of sp³-hybridized carbons (Fsp3) is 0.0303. The molecule has 0 amide bonds. The van der Waals surface area contributed by atoms with E-state index < -0.39 is 11.6 Å². The largest absolute Gasteiger partial charge is 0.497 e. The molecule has 354 valence electrons. The Bertz CT molecular complexity index is 4260. The van der Waals surface area contributed by atoms with E-state index >= 15 is 8.78 Å². The van der Waals surface area contributed by atoms with Crippen molar-refractivity contribution >= 4 is 67.9 Å². The quantitative estimate of drug-likeness (QED) is 0.159. The van der Waals surface area contributed by atoms with Gasteiger partial charge in [-0.3, -0.25) is 0 Å². The maximum absolute atomic E-state index is 17.5. The highest BCUT2D eigenvalue weighted by atomic mass is 19.1. The van der Waals surface area contributed by atoms with Crippen molar-refractivity contribution in [2.45, 2.75) is 0 Å². The van der Waals surface area contributed by atoms with Crippen molar-refractivity contribution in [3.8, 4) is 78.3 Å². The molecule has 0 saturated heterocycles. The Kier molecular flexibility index (Phi) is 10.9. The zero-order chi connectivity index (χ0) is 49.9. The molecule has 2 aliphatic heterocycles. The van der Waals surface area contributed by atoms with E-state index in [2.05, 4.69) is 76.7 Å². The summed E-state index contributed by atoms with van der Waals surface area (Å²) in [7, 11) is 3.23. The van der Waals surface area contributed by atoms with E-state index in [1.54, 1.807) is 14.2 Å². The number of fused-ring (bicyclic) bond motifs is 10. The number of nitrogens with zero attached hydrogens (tertiary/aromatic N) is 2. The molecule has 0 spiro atoms. The van der Waals surface area contributed by atoms with Crippen LogP contribution in [0, 0.1) is 11.6 Å². The first kappa shape index (κ1) is 44.3. The predicted molar refractivity (Wildman–Crippen MR) is 300 cm³/mol. The Balaban J connectivity index is 1.07. The summed E-state index contributed by atoms with van der Waals surface area (Å²) in [6.07, 6.45) is 8.19. The van der Waals surface area contributed by atoms with Crippen LogP contribution in [0.4, 0.5) is 8.78 Å². The minimum atomic E-state index is -0.565. The van der Waals surface area contributed by atoms with Crippen molar-refractivity contribution in [2.75, 3.05) is 14.2 Å². The van der Waals surface area contributed by atoms with E-state index in [4.69, 9.17) is 19.4 Å². The van der Waals surface area contributed by atoms with E-state index in [1.165, 1.54) is 12.1 Å². The van der Waals surface area contributed by atoms with Crippen LogP contribution in [-0.4, -0.2) is 34.2 Å². The van der Waals surface area contributed by atoms with Crippen molar-refractivity contribution < 1.29 is 18.3 Å². The lowest BCUT2D eigenvalue weighted by molar-refractivity contribution is 0.404. The maximum Gasteiger partial charge on any atom is 0.131 e. The molecule has 11 aromatic rings. The van der Waals surface area contributed by atoms with Crippen molar-refractivity contribution in [1.29, 1.82) is 0 Å². The first-order chi connectivity index (χ1) is 36.4. The van der Waals surface area contributed by atoms with Gasteiger partial charge in [-0.2, -0.15) is 0 Å². The van der Waals surface area contributed by atoms with Crippen molar-refractivity contribution in [3.05, 3.63) is 229 Å². The molecule has 5 heterocycles. The second-order valence-corrected chi connectivity index (χ2v) is 18.4. The molecule has 74 heavy (non-hydrogen) atoms. The van der Waals surface area contributed by atoms with Crippen LogP contribution in [-0.2, 0) is 0 Å². The molecule has 0 atom stereocenters. The first-order valence-corrected chi connectivity index (χ1v) is 24.4. The molecular formula is C66H44F2N4O2. The molecule has 8 bridgehead atoms. The molecule has 2 aliphatic rings. The first-order valence-electron chi connectivity index (χ1n) is 24.4. The Morgan fingerprint density at radius 1 is 0.378 bits per heavy atom. The maximum atomic E-state index is 17.5. The van der Waals surface area contributed by atoms with Crippen molar-refractivity contribution in [2.24, 2.45) is 0 Å². The van der Waals surface area contributed by atoms with E-state index in [0.717, 1.165) is 105 Å². The van der Waals surface area contributed by atoms with E-state index in [0.29, 0.717) is 28.3 Å². The van der Waals surface area contributed by atoms with Gasteiger partial charge in [-0.05, 0) is 140 Å². The topological polar surface area (TPSA) is 75.8 Å². The molecule has 8 heteroatoms. The number of halogens is 2. The van der Waals surface area contributed by atoms with Crippen molar-refractivity contribution in [1.82, 2.24) is 19.9 Å². The second kappa shape index (κ2) is 18.2. The molecule has 0 fully saturated rings. The van der Waals surface area contributed by atoms with E-state index in [-0.39, 0.29) is 11.1 Å². The van der Waals surface area contributed by atoms with Crippen LogP contribution in [0.1, 0.15) is 22.8 Å². The highest BCUT2D eigenvalue weighted by Gasteiger charge is 2.23. The number of ether oxygens (including phenoxy) is 2. The van der Waals surface area contributed by atoms with Gasteiger partial charge in [0.15, 0.2) is 0 Å². The molecule has 2 N–H and O–H groups in total. The number of methoxy groups -OCH3 is 2. The lowest BCUT2D eigenvalue weighted by Crippen LogP contribution is -1.96. The summed E-state index contributed by atoms with van der Waals surface area (Å²) in [6, 6.07) is 62.5. The van der Waals surface area contributed by atoms with Crippen LogP contribution in [0.2, 0.25) is 0 Å². The fourth-order valence-electron chi connectivity index (χ4n) is 10.8. The molecular weight excluding hydrogens is 919 g/mol. The molecule has 6 nitrogen and oxygen atoms in total. The van der Waals surface area contributed by atoms with Crippen LogP contribution in [0.3, 0.4) is 0 Å². The summed E-state index contributed by atoms with van der Waals surface area (Å²) in [4.78, 5) is 18.1. The summed E-state index contributed by atoms with van der Waals surface area (Å²) in [5.41, 5.74) is 14.9. The Morgan fingerprint density at radius 2 is 0.878 bits per heavy atom. The summed E-state index contributed by atoms with van der Waals surface area (Å²) in [6.45, 7) is 0. The summed E-state index contributed by atoms with van der Waals surface area (Å²) >= 11 is 0. The third-order valence-electron chi connectivity index (χ3n) is 14.1. The van der Waals surface area contributed by atoms with Gasteiger partial charge in [-0.1, -0.05) is 133 Å². The zero-order valence-corrected chi connectivity index (χ0v) is 40.3. The van der Waals surface area contributed by atoms with Crippen LogP contribution >= 0.6 is 0 Å². The zero-order valence-electron chi connectivity index (χ0n) is 40.3. The SMILES string of the molecule is COc1ccc(OC)c(-c2cccc3cccc(-c4cc(F)c(-c5cccc6cccc(-c7c8nc(c(-c9ccccc9)c9ccc(cc%10nc(c(-c%11ccccc%11)c%11ccc7[nH]%11)C=C%10)[nH]9)C=C8)c56)cc4F)c23)c1. The van der Waals surface area contributed by atoms with Gasteiger partial charge in [0.2, 0.25) is 0 Å². The number of aromatic amines is 2. The third kappa shape index (κ3) is 7.63. The van der Waals surface area contributed by atoms with Gasteiger partial charge in [0.1, 0.15) is 23.1 Å². The summed E-state index contributed by atoms with van der Waals surface area (Å²) in [5.74, 6) is 0.143. The molecule has 0 aliphatic carbocycles. The molecule has 0 radical (unpaired) electrons. The van der Waals surface area contributed by atoms with Crippen molar-refractivity contribution in [3.63, 3.8) is 0 Å². The van der Waals surface area contributed by atoms with Crippen LogP contribution < -0.4 is 9.47 Å². The Morgan fingerprint density at radius 3 is 1.47 bits per heavy atom. The standard InChI is InChI=1S/C66H44F2N4O2/c1-73-45-27-34-61(74-2)52(36-45)48-23-11-18-39-17-9-21-46(62(39)48)50-37-54(68)51(38-53(50)67)47-22-10-19-40-20-12-24-49(63(40)47)66-59-32-30-57(71-59)64(41-13-5-3-6-14-41)55-28-25-43(69-55)35-44-26-29-56(70-44)65(42-15-7-4-8-16-42)58-31-33-60(66)72-58/h3-38,69,72H,1-2H3. The Labute approximate surface area is 425 Å². The van der Waals surface area contributed by atoms with E-state index in [9.17, 15) is 0 Å². The highest BCUT2D eigenvalue weighted by Crippen LogP contribution is 2.46. The smallest absolute Gasteiger partial charge is 0.131 e. The number of hydrogen-bond donors (Lipinski definition) is 2. The summed E-state index contributed by atoms with van der Waals surface area (Å²) < 4.78 is 46.3. The molecule has 0 saturated carbocycles. The van der Waals surface area contributed by atoms with Crippen LogP contribution in [0.25, 0.3) is 135 Å². The molecule has 0 unspecified atom stereocenters. The number of hydrogen-bond acceptors (Lipinski definition) is 4. The number of aromatic nitrogens is 4. The number of nitrogens with one attached hydrogen (secondary N) is 2. The van der Waals surface area contributed by atoms with E-state index in [1.807, 2.05) is 140 Å². The number of rotatable bonds is 8. The predicted octanol–water partition coefficient (Wildman–Crippen LogP) is 17.3. The number of benzene rings is 8. The van der Waals surface area contributed by atoms with Crippen LogP contribution in [0.15, 0.2) is 194 Å².